The van der Waals surface area contributed by atoms with E-state index in [0.29, 0.717) is 0 Å². The van der Waals surface area contributed by atoms with Crippen LogP contribution in [0.15, 0.2) is 16.5 Å². The van der Waals surface area contributed by atoms with E-state index >= 15 is 0 Å². The first-order valence-electron chi connectivity index (χ1n) is 5.05. The molecule has 0 nitrogen and oxygen atoms in total. The Morgan fingerprint density at radius 3 is 1.53 bits per heavy atom. The van der Waals surface area contributed by atoms with Crippen molar-refractivity contribution in [3.63, 3.8) is 0 Å². The predicted molar refractivity (Wildman–Crippen MR) is 66.1 cm³/mol. The molecule has 0 fully saturated rings. The SMILES string of the molecule is C[Si](C)(C)C1=[C-]CC=C1[Si](C)(C)C.[Cl-].[Cl-].[Cl-].[V+4]. The maximum absolute atomic E-state index is 3.57. The first kappa shape index (κ1) is 26.8. The molecule has 0 aromatic heterocycles. The molecule has 0 spiro atoms. The third-order valence-corrected chi connectivity index (χ3v) is 6.68. The van der Waals surface area contributed by atoms with Gasteiger partial charge in [0.1, 0.15) is 0 Å². The van der Waals surface area contributed by atoms with Crippen molar-refractivity contribution in [2.45, 2.75) is 45.7 Å². The number of allylic oxidation sites excluding steroid dienone is 4. The summed E-state index contributed by atoms with van der Waals surface area (Å²) in [5.74, 6) is 0. The minimum atomic E-state index is -1.13. The van der Waals surface area contributed by atoms with Crippen molar-refractivity contribution >= 4 is 16.1 Å². The molecule has 6 heteroatoms. The van der Waals surface area contributed by atoms with Crippen LogP contribution in [0.4, 0.5) is 0 Å². The quantitative estimate of drug-likeness (QED) is 0.339. The molecule has 0 unspecified atom stereocenters. The van der Waals surface area contributed by atoms with Crippen LogP contribution in [0.5, 0.6) is 0 Å². The van der Waals surface area contributed by atoms with Gasteiger partial charge < -0.3 is 37.2 Å². The van der Waals surface area contributed by atoms with Crippen molar-refractivity contribution < 1.29 is 55.8 Å². The monoisotopic (exact) mass is 365 g/mol. The summed E-state index contributed by atoms with van der Waals surface area (Å²) in [6.45, 7) is 14.6. The van der Waals surface area contributed by atoms with Gasteiger partial charge >= 0.3 is 18.6 Å². The molecule has 0 aliphatic heterocycles. The molecular weight excluding hydrogens is 346 g/mol. The molecule has 1 rings (SSSR count). The van der Waals surface area contributed by atoms with Gasteiger partial charge in [0, 0.05) is 8.07 Å². The van der Waals surface area contributed by atoms with E-state index < -0.39 is 16.1 Å². The number of halogens is 3. The zero-order valence-corrected chi connectivity index (χ0v) is 17.0. The van der Waals surface area contributed by atoms with Gasteiger partial charge in [0.15, 0.2) is 0 Å². The third-order valence-electron chi connectivity index (χ3n) is 2.41. The minimum absolute atomic E-state index is 0. The predicted octanol–water partition coefficient (Wildman–Crippen LogP) is -5.19. The maximum atomic E-state index is 3.57. The molecule has 0 heterocycles. The van der Waals surface area contributed by atoms with E-state index in [0.717, 1.165) is 6.42 Å². The number of rotatable bonds is 2. The van der Waals surface area contributed by atoms with Gasteiger partial charge in [-0.2, -0.15) is 6.08 Å². The van der Waals surface area contributed by atoms with E-state index in [2.05, 4.69) is 51.4 Å². The van der Waals surface area contributed by atoms with Crippen molar-refractivity contribution in [1.29, 1.82) is 0 Å². The Bertz CT molecular complexity index is 247. The Kier molecular flexibility index (Phi) is 14.7. The van der Waals surface area contributed by atoms with Crippen LogP contribution in [-0.4, -0.2) is 16.1 Å². The van der Waals surface area contributed by atoms with Gasteiger partial charge in [0.2, 0.25) is 0 Å². The van der Waals surface area contributed by atoms with Crippen LogP contribution in [0.25, 0.3) is 0 Å². The summed E-state index contributed by atoms with van der Waals surface area (Å²) in [6.07, 6.45) is 7.06. The summed E-state index contributed by atoms with van der Waals surface area (Å²) in [7, 11) is -2.23. The average molecular weight is 367 g/mol. The smallest absolute Gasteiger partial charge is 1.00 e. The molecule has 0 N–H and O–H groups in total. The Hall–Kier alpha value is 1.37. The van der Waals surface area contributed by atoms with Crippen LogP contribution in [0.3, 0.4) is 0 Å². The Labute approximate surface area is 139 Å². The zero-order valence-electron chi connectivity index (χ0n) is 11.4. The van der Waals surface area contributed by atoms with Crippen molar-refractivity contribution in [2.24, 2.45) is 0 Å². The van der Waals surface area contributed by atoms with Crippen LogP contribution < -0.4 is 37.2 Å². The summed E-state index contributed by atoms with van der Waals surface area (Å²) in [6, 6.07) is 0. The van der Waals surface area contributed by atoms with E-state index in [4.69, 9.17) is 0 Å². The molecule has 1 radical (unpaired) electrons. The molecule has 0 aromatic carbocycles. The topological polar surface area (TPSA) is 0 Å². The first-order chi connectivity index (χ1) is 5.73. The second-order valence-corrected chi connectivity index (χ2v) is 15.9. The number of hydrogen-bond acceptors (Lipinski definition) is 0. The normalized spacial score (nSPS) is 14.2. The molecule has 0 saturated heterocycles. The van der Waals surface area contributed by atoms with Crippen molar-refractivity contribution in [1.82, 2.24) is 0 Å². The van der Waals surface area contributed by atoms with Gasteiger partial charge in [-0.15, -0.1) is 6.42 Å². The van der Waals surface area contributed by atoms with E-state index in [1.165, 1.54) is 0 Å². The second-order valence-electron chi connectivity index (χ2n) is 5.87. The second kappa shape index (κ2) is 9.30. The molecule has 0 atom stereocenters. The van der Waals surface area contributed by atoms with Crippen molar-refractivity contribution in [2.75, 3.05) is 0 Å². The number of hydrogen-bond donors (Lipinski definition) is 0. The fourth-order valence-electron chi connectivity index (χ4n) is 1.80. The van der Waals surface area contributed by atoms with Crippen LogP contribution in [0.2, 0.25) is 39.3 Å². The molecule has 17 heavy (non-hydrogen) atoms. The standard InChI is InChI=1S/C11H21Si2.3ClH.V/c1-12(2,3)10-8-7-9-11(10)13(4,5)6;;;;/h8H,7H2,1-6H3;3*1H;/q-1;;;;+4/p-3. The molecule has 1 aliphatic rings. The Morgan fingerprint density at radius 1 is 0.882 bits per heavy atom. The van der Waals surface area contributed by atoms with Gasteiger partial charge in [-0.25, -0.2) is 10.4 Å². The van der Waals surface area contributed by atoms with E-state index in [-0.39, 0.29) is 55.8 Å². The Balaban J connectivity index is -0.000000211. The summed E-state index contributed by atoms with van der Waals surface area (Å²) >= 11 is 0. The summed E-state index contributed by atoms with van der Waals surface area (Å²) < 4.78 is 0. The molecule has 0 amide bonds. The van der Waals surface area contributed by atoms with Gasteiger partial charge in [0.05, 0.1) is 0 Å². The fraction of sp³-hybridized carbons (Fsp3) is 0.636. The molecule has 99 valence electrons. The van der Waals surface area contributed by atoms with Gasteiger partial charge in [-0.3, -0.25) is 6.08 Å². The zero-order chi connectivity index (χ0) is 10.3. The van der Waals surface area contributed by atoms with Gasteiger partial charge in [0.25, 0.3) is 0 Å². The van der Waals surface area contributed by atoms with E-state index in [1.54, 1.807) is 10.4 Å². The maximum Gasteiger partial charge on any atom is 4.00 e. The molecule has 0 bridgehead atoms. The van der Waals surface area contributed by atoms with E-state index in [1.807, 2.05) is 0 Å². The summed E-state index contributed by atoms with van der Waals surface area (Å²) in [4.78, 5) is 0. The van der Waals surface area contributed by atoms with Gasteiger partial charge in [-0.05, 0) is 8.07 Å². The Morgan fingerprint density at radius 2 is 1.29 bits per heavy atom. The minimum Gasteiger partial charge on any atom is -1.00 e. The van der Waals surface area contributed by atoms with Crippen LogP contribution >= 0.6 is 0 Å². The molecule has 1 aliphatic carbocycles. The van der Waals surface area contributed by atoms with E-state index in [9.17, 15) is 0 Å². The van der Waals surface area contributed by atoms with Crippen molar-refractivity contribution in [3.8, 4) is 0 Å². The molecule has 0 saturated carbocycles. The molecular formula is C11H21Cl3Si2V. The first-order valence-corrected chi connectivity index (χ1v) is 12.1. The molecule has 0 aromatic rings. The summed E-state index contributed by atoms with van der Waals surface area (Å²) in [5, 5.41) is 3.30. The van der Waals surface area contributed by atoms with Crippen LogP contribution in [-0.2, 0) is 18.6 Å². The summed E-state index contributed by atoms with van der Waals surface area (Å²) in [5.41, 5.74) is 0. The fourth-order valence-corrected chi connectivity index (χ4v) is 7.15. The van der Waals surface area contributed by atoms with Crippen LogP contribution in [0.1, 0.15) is 6.42 Å². The van der Waals surface area contributed by atoms with Gasteiger partial charge in [-0.1, -0.05) is 39.3 Å². The average Bonchev–Trinajstić information content (AvgIpc) is 2.27. The largest absolute Gasteiger partial charge is 4.00 e. The van der Waals surface area contributed by atoms with Crippen LogP contribution in [0, 0.1) is 6.08 Å². The third kappa shape index (κ3) is 7.51. The van der Waals surface area contributed by atoms with Crippen molar-refractivity contribution in [3.05, 3.63) is 22.5 Å².